The smallest absolute Gasteiger partial charge is 0.487 e. The number of esters is 1. The predicted octanol–water partition coefficient (Wildman–Crippen LogP) is 6.62. The van der Waals surface area contributed by atoms with Crippen molar-refractivity contribution in [2.75, 3.05) is 0 Å². The molecule has 0 saturated carbocycles. The summed E-state index contributed by atoms with van der Waals surface area (Å²) in [4.78, 5) is 18.9. The highest BCUT2D eigenvalue weighted by Gasteiger charge is 2.53. The van der Waals surface area contributed by atoms with Gasteiger partial charge in [-0.1, -0.05) is 97.1 Å². The van der Waals surface area contributed by atoms with E-state index in [-0.39, 0.29) is 31.3 Å². The number of benzene rings is 3. The van der Waals surface area contributed by atoms with E-state index in [1.165, 1.54) is 0 Å². The molecule has 0 radical (unpaired) electrons. The van der Waals surface area contributed by atoms with E-state index >= 15 is 0 Å². The third-order valence-electron chi connectivity index (χ3n) is 7.93. The van der Waals surface area contributed by atoms with E-state index in [9.17, 15) is 4.79 Å². The maximum absolute atomic E-state index is 14.0. The minimum absolute atomic E-state index is 0.0751. The molecule has 1 fully saturated rings. The summed E-state index contributed by atoms with van der Waals surface area (Å²) in [6.45, 7) is 12.4. The van der Waals surface area contributed by atoms with Gasteiger partial charge < -0.3 is 23.5 Å². The predicted molar refractivity (Wildman–Crippen MR) is 171 cm³/mol. The number of nitrogens with zero attached hydrogens (tertiary/aromatic N) is 1. The number of carbonyl (C=O) groups is 1. The first-order valence-electron chi connectivity index (χ1n) is 14.8. The first kappa shape index (κ1) is 31.0. The molecule has 0 bridgehead atoms. The zero-order chi connectivity index (χ0) is 31.2. The molecule has 0 aliphatic carbocycles. The van der Waals surface area contributed by atoms with Gasteiger partial charge in [0.2, 0.25) is 5.88 Å². The summed E-state index contributed by atoms with van der Waals surface area (Å²) >= 11 is 0. The van der Waals surface area contributed by atoms with Gasteiger partial charge in [0, 0.05) is 5.56 Å². The maximum Gasteiger partial charge on any atom is 0.515 e. The van der Waals surface area contributed by atoms with Crippen LogP contribution in [0.15, 0.2) is 104 Å². The van der Waals surface area contributed by atoms with Gasteiger partial charge >= 0.3 is 13.1 Å². The van der Waals surface area contributed by atoms with Gasteiger partial charge in [0.15, 0.2) is 5.56 Å². The molecule has 1 aliphatic heterocycles. The minimum atomic E-state index is -0.831. The molecule has 226 valence electrons. The summed E-state index contributed by atoms with van der Waals surface area (Å²) in [6.07, 6.45) is 2.08. The zero-order valence-electron chi connectivity index (χ0n) is 25.7. The molecule has 2 heterocycles. The van der Waals surface area contributed by atoms with E-state index in [0.717, 1.165) is 16.7 Å². The van der Waals surface area contributed by atoms with Crippen LogP contribution in [0.3, 0.4) is 0 Å². The van der Waals surface area contributed by atoms with E-state index in [2.05, 4.69) is 6.58 Å². The Morgan fingerprint density at radius 3 is 1.75 bits per heavy atom. The molecular formula is C36H38BNO6. The summed E-state index contributed by atoms with van der Waals surface area (Å²) < 4.78 is 31.5. The number of hydrogen-bond donors (Lipinski definition) is 0. The highest BCUT2D eigenvalue weighted by atomic mass is 16.7. The fourth-order valence-corrected chi connectivity index (χ4v) is 4.78. The Morgan fingerprint density at radius 1 is 0.773 bits per heavy atom. The number of carbonyl (C=O) groups excluding carboxylic acids is 1. The van der Waals surface area contributed by atoms with Crippen LogP contribution in [0.2, 0.25) is 0 Å². The third kappa shape index (κ3) is 7.04. The Kier molecular flexibility index (Phi) is 9.52. The molecule has 0 unspecified atom stereocenters. The first-order valence-corrected chi connectivity index (χ1v) is 14.8. The maximum atomic E-state index is 14.0. The van der Waals surface area contributed by atoms with Crippen LogP contribution >= 0.6 is 0 Å². The largest absolute Gasteiger partial charge is 0.515 e. The Morgan fingerprint density at radius 2 is 1.25 bits per heavy atom. The monoisotopic (exact) mass is 591 g/mol. The molecule has 1 aromatic heterocycles. The molecule has 0 amide bonds. The average molecular weight is 592 g/mol. The van der Waals surface area contributed by atoms with Crippen LogP contribution in [-0.4, -0.2) is 29.3 Å². The third-order valence-corrected chi connectivity index (χ3v) is 7.93. The standard InChI is InChI=1S/C36H38BNO6/c1-6-16-29-31(40-23-26-17-10-7-11-18-26)30(34(39)42-25-28-21-14-9-15-22-28)33(41-24-27-19-12-8-13-20-27)38-32(29)37-43-35(2,3)36(4,5)44-37/h6-15,17-22H,1,16,23-25H2,2-5H3. The van der Waals surface area contributed by atoms with Crippen LogP contribution in [0.4, 0.5) is 0 Å². The molecule has 1 saturated heterocycles. The van der Waals surface area contributed by atoms with Crippen LogP contribution in [0.25, 0.3) is 0 Å². The van der Waals surface area contributed by atoms with Crippen molar-refractivity contribution in [2.24, 2.45) is 0 Å². The molecule has 8 heteroatoms. The van der Waals surface area contributed by atoms with Crippen molar-refractivity contribution in [1.82, 2.24) is 4.98 Å². The highest BCUT2D eigenvalue weighted by molar-refractivity contribution is 6.61. The lowest BCUT2D eigenvalue weighted by Gasteiger charge is -2.32. The van der Waals surface area contributed by atoms with E-state index in [1.54, 1.807) is 6.08 Å². The quantitative estimate of drug-likeness (QED) is 0.104. The van der Waals surface area contributed by atoms with Gasteiger partial charge in [-0.2, -0.15) is 0 Å². The van der Waals surface area contributed by atoms with Crippen LogP contribution in [0.5, 0.6) is 11.6 Å². The molecule has 1 aliphatic rings. The van der Waals surface area contributed by atoms with Crippen LogP contribution in [-0.2, 0) is 40.3 Å². The molecule has 0 atom stereocenters. The molecule has 4 aromatic rings. The van der Waals surface area contributed by atoms with E-state index < -0.39 is 24.3 Å². The molecule has 5 rings (SSSR count). The fraction of sp³-hybridized carbons (Fsp3) is 0.278. The fourth-order valence-electron chi connectivity index (χ4n) is 4.78. The van der Waals surface area contributed by atoms with E-state index in [1.807, 2.05) is 119 Å². The van der Waals surface area contributed by atoms with Gasteiger partial charge in [0.05, 0.1) is 16.8 Å². The Hall–Kier alpha value is -4.40. The lowest BCUT2D eigenvalue weighted by Crippen LogP contribution is -2.41. The minimum Gasteiger partial charge on any atom is -0.487 e. The van der Waals surface area contributed by atoms with Gasteiger partial charge in [-0.25, -0.2) is 9.78 Å². The molecule has 44 heavy (non-hydrogen) atoms. The Bertz CT molecular complexity index is 1560. The molecule has 0 N–H and O–H groups in total. The summed E-state index contributed by atoms with van der Waals surface area (Å²) in [5.74, 6) is -0.236. The first-order chi connectivity index (χ1) is 21.2. The highest BCUT2D eigenvalue weighted by Crippen LogP contribution is 2.39. The van der Waals surface area contributed by atoms with Crippen LogP contribution in [0.1, 0.15) is 60.3 Å². The number of rotatable bonds is 12. The number of ether oxygens (including phenoxy) is 3. The number of allylic oxidation sites excluding steroid dienone is 1. The van der Waals surface area contributed by atoms with Crippen LogP contribution < -0.4 is 15.1 Å². The second kappa shape index (κ2) is 13.5. The summed E-state index contributed by atoms with van der Waals surface area (Å²) in [5.41, 5.74) is 2.65. The Labute approximate surface area is 259 Å². The summed E-state index contributed by atoms with van der Waals surface area (Å²) in [5, 5.41) is 0. The second-order valence-corrected chi connectivity index (χ2v) is 11.7. The van der Waals surface area contributed by atoms with Crippen molar-refractivity contribution >= 4 is 18.7 Å². The number of hydrogen-bond acceptors (Lipinski definition) is 7. The van der Waals surface area contributed by atoms with Crippen molar-refractivity contribution in [1.29, 1.82) is 0 Å². The normalized spacial score (nSPS) is 15.0. The topological polar surface area (TPSA) is 76.1 Å². The number of aromatic nitrogens is 1. The second-order valence-electron chi connectivity index (χ2n) is 11.7. The van der Waals surface area contributed by atoms with Gasteiger partial charge in [0.25, 0.3) is 0 Å². The van der Waals surface area contributed by atoms with Crippen LogP contribution in [0, 0.1) is 0 Å². The van der Waals surface area contributed by atoms with E-state index in [0.29, 0.717) is 23.3 Å². The molecular weight excluding hydrogens is 553 g/mol. The molecule has 3 aromatic carbocycles. The SMILES string of the molecule is C=CCc1c(B2OC(C)(C)C(C)(C)O2)nc(OCc2ccccc2)c(C(=O)OCc2ccccc2)c1OCc1ccccc1. The Balaban J connectivity index is 1.63. The summed E-state index contributed by atoms with van der Waals surface area (Å²) in [7, 11) is -0.831. The van der Waals surface area contributed by atoms with Gasteiger partial charge in [-0.3, -0.25) is 0 Å². The summed E-state index contributed by atoms with van der Waals surface area (Å²) in [6, 6.07) is 28.9. The van der Waals surface area contributed by atoms with Crippen molar-refractivity contribution in [3.63, 3.8) is 0 Å². The van der Waals surface area contributed by atoms with Gasteiger partial charge in [-0.15, -0.1) is 6.58 Å². The lowest BCUT2D eigenvalue weighted by molar-refractivity contribution is 0.00578. The van der Waals surface area contributed by atoms with Crippen molar-refractivity contribution < 1.29 is 28.3 Å². The van der Waals surface area contributed by atoms with E-state index in [4.69, 9.17) is 28.5 Å². The molecule has 0 spiro atoms. The lowest BCUT2D eigenvalue weighted by atomic mass is 9.79. The zero-order valence-corrected chi connectivity index (χ0v) is 25.7. The number of pyridine rings is 1. The average Bonchev–Trinajstić information content (AvgIpc) is 3.25. The van der Waals surface area contributed by atoms with Crippen molar-refractivity contribution in [3.05, 3.63) is 131 Å². The van der Waals surface area contributed by atoms with Crippen molar-refractivity contribution in [2.45, 2.75) is 65.1 Å². The molecule has 7 nitrogen and oxygen atoms in total. The van der Waals surface area contributed by atoms with Gasteiger partial charge in [-0.05, 0) is 50.8 Å². The van der Waals surface area contributed by atoms with Gasteiger partial charge in [0.1, 0.15) is 25.6 Å². The van der Waals surface area contributed by atoms with Crippen molar-refractivity contribution in [3.8, 4) is 11.6 Å².